The molecule has 1 amide bonds. The van der Waals surface area contributed by atoms with Gasteiger partial charge in [0.2, 0.25) is 5.91 Å². The highest BCUT2D eigenvalue weighted by Gasteiger charge is 2.22. The molecule has 2 unspecified atom stereocenters. The van der Waals surface area contributed by atoms with E-state index in [4.69, 9.17) is 5.11 Å². The van der Waals surface area contributed by atoms with Crippen LogP contribution in [0.25, 0.3) is 0 Å². The summed E-state index contributed by atoms with van der Waals surface area (Å²) in [6, 6.07) is 3.18. The van der Waals surface area contributed by atoms with Gasteiger partial charge in [-0.1, -0.05) is 13.3 Å². The summed E-state index contributed by atoms with van der Waals surface area (Å²) in [5.74, 6) is -2.71. The summed E-state index contributed by atoms with van der Waals surface area (Å²) in [5, 5.41) is 10.7. The molecule has 1 aromatic carbocycles. The number of carbonyl (C=O) groups is 2. The predicted octanol–water partition coefficient (Wildman–Crippen LogP) is 1.94. The lowest BCUT2D eigenvalue weighted by Crippen LogP contribution is -2.36. The van der Waals surface area contributed by atoms with Gasteiger partial charge in [0.15, 0.2) is 0 Å². The molecule has 0 spiro atoms. The van der Waals surface area contributed by atoms with E-state index < -0.39 is 33.4 Å². The highest BCUT2D eigenvalue weighted by Crippen LogP contribution is 2.16. The minimum atomic E-state index is -1.74. The molecule has 0 aliphatic rings. The van der Waals surface area contributed by atoms with Crippen molar-refractivity contribution < 1.29 is 23.3 Å². The Bertz CT molecular complexity index is 562. The number of carboxylic acids is 1. The SMILES string of the molecule is CCCCNC(=O)C(C)S(=O)c1ccc(F)c(C(=O)O)c1. The molecular weight excluding hydrogens is 297 g/mol. The lowest BCUT2D eigenvalue weighted by molar-refractivity contribution is -0.120. The lowest BCUT2D eigenvalue weighted by atomic mass is 10.2. The Morgan fingerprint density at radius 2 is 2.10 bits per heavy atom. The zero-order valence-electron chi connectivity index (χ0n) is 11.9. The molecule has 116 valence electrons. The zero-order chi connectivity index (χ0) is 16.0. The molecule has 0 saturated carbocycles. The second kappa shape index (κ2) is 7.87. The molecule has 0 bridgehead atoms. The molecule has 21 heavy (non-hydrogen) atoms. The molecule has 7 heteroatoms. The third-order valence-corrected chi connectivity index (χ3v) is 4.50. The van der Waals surface area contributed by atoms with E-state index in [1.165, 1.54) is 13.0 Å². The standard InChI is InChI=1S/C14H18FNO4S/c1-3-4-7-16-13(17)9(2)21(20)10-5-6-12(15)11(8-10)14(18)19/h5-6,8-9H,3-4,7H2,1-2H3,(H,16,17)(H,18,19). The van der Waals surface area contributed by atoms with E-state index >= 15 is 0 Å². The van der Waals surface area contributed by atoms with Gasteiger partial charge in [-0.25, -0.2) is 9.18 Å². The number of amides is 1. The molecule has 0 radical (unpaired) electrons. The number of carboxylic acid groups (broad SMARTS) is 1. The van der Waals surface area contributed by atoms with E-state index in [1.807, 2.05) is 6.92 Å². The Labute approximate surface area is 125 Å². The molecule has 0 aliphatic heterocycles. The quantitative estimate of drug-likeness (QED) is 0.753. The molecule has 0 aromatic heterocycles. The van der Waals surface area contributed by atoms with Gasteiger partial charge in [-0.15, -0.1) is 0 Å². The maximum atomic E-state index is 13.3. The molecule has 2 atom stereocenters. The number of unbranched alkanes of at least 4 members (excludes halogenated alkanes) is 1. The first-order valence-corrected chi connectivity index (χ1v) is 7.81. The summed E-state index contributed by atoms with van der Waals surface area (Å²) >= 11 is 0. The van der Waals surface area contributed by atoms with Crippen LogP contribution in [-0.4, -0.2) is 33.0 Å². The summed E-state index contributed by atoms with van der Waals surface area (Å²) in [5.41, 5.74) is -0.556. The Morgan fingerprint density at radius 3 is 2.67 bits per heavy atom. The van der Waals surface area contributed by atoms with Gasteiger partial charge in [0.05, 0.1) is 16.4 Å². The van der Waals surface area contributed by atoms with Gasteiger partial charge in [0.25, 0.3) is 0 Å². The highest BCUT2D eigenvalue weighted by atomic mass is 32.2. The smallest absolute Gasteiger partial charge is 0.338 e. The van der Waals surface area contributed by atoms with E-state index in [1.54, 1.807) is 0 Å². The average molecular weight is 315 g/mol. The number of aromatic carboxylic acids is 1. The molecule has 5 nitrogen and oxygen atoms in total. The van der Waals surface area contributed by atoms with E-state index in [0.29, 0.717) is 6.54 Å². The first kappa shape index (κ1) is 17.3. The van der Waals surface area contributed by atoms with Crippen LogP contribution in [0.2, 0.25) is 0 Å². The Morgan fingerprint density at radius 1 is 1.43 bits per heavy atom. The van der Waals surface area contributed by atoms with Crippen molar-refractivity contribution in [1.29, 1.82) is 0 Å². The van der Waals surface area contributed by atoms with Crippen molar-refractivity contribution in [2.24, 2.45) is 0 Å². The average Bonchev–Trinajstić information content (AvgIpc) is 2.46. The van der Waals surface area contributed by atoms with Crippen molar-refractivity contribution in [2.45, 2.75) is 36.8 Å². The molecule has 0 saturated heterocycles. The summed E-state index contributed by atoms with van der Waals surface area (Å²) < 4.78 is 25.5. The third-order valence-electron chi connectivity index (χ3n) is 2.92. The van der Waals surface area contributed by atoms with Crippen LogP contribution in [0.3, 0.4) is 0 Å². The fourth-order valence-electron chi connectivity index (χ4n) is 1.63. The molecule has 1 aromatic rings. The van der Waals surface area contributed by atoms with E-state index in [0.717, 1.165) is 25.0 Å². The number of halogens is 1. The molecule has 2 N–H and O–H groups in total. The van der Waals surface area contributed by atoms with Crippen molar-refractivity contribution in [3.8, 4) is 0 Å². The Hall–Kier alpha value is -1.76. The van der Waals surface area contributed by atoms with E-state index in [9.17, 15) is 18.2 Å². The van der Waals surface area contributed by atoms with Crippen LogP contribution in [-0.2, 0) is 15.6 Å². The summed E-state index contributed by atoms with van der Waals surface area (Å²) in [4.78, 5) is 22.8. The van der Waals surface area contributed by atoms with Gasteiger partial charge in [-0.05, 0) is 31.5 Å². The molecule has 0 heterocycles. The van der Waals surface area contributed by atoms with Gasteiger partial charge in [-0.2, -0.15) is 0 Å². The fourth-order valence-corrected chi connectivity index (χ4v) is 2.75. The fraction of sp³-hybridized carbons (Fsp3) is 0.429. The van der Waals surface area contributed by atoms with E-state index in [-0.39, 0.29) is 10.8 Å². The van der Waals surface area contributed by atoms with Crippen molar-refractivity contribution in [3.63, 3.8) is 0 Å². The van der Waals surface area contributed by atoms with Crippen molar-refractivity contribution in [1.82, 2.24) is 5.32 Å². The van der Waals surface area contributed by atoms with Crippen molar-refractivity contribution in [3.05, 3.63) is 29.6 Å². The highest BCUT2D eigenvalue weighted by molar-refractivity contribution is 7.86. The number of nitrogens with one attached hydrogen (secondary N) is 1. The first-order valence-electron chi connectivity index (χ1n) is 6.59. The summed E-state index contributed by atoms with van der Waals surface area (Å²) in [6.07, 6.45) is 1.75. The van der Waals surface area contributed by atoms with Crippen LogP contribution in [0, 0.1) is 5.82 Å². The van der Waals surface area contributed by atoms with Crippen LogP contribution >= 0.6 is 0 Å². The van der Waals surface area contributed by atoms with Crippen molar-refractivity contribution in [2.75, 3.05) is 6.54 Å². The molecule has 0 aliphatic carbocycles. The summed E-state index contributed by atoms with van der Waals surface area (Å²) in [7, 11) is -1.74. The minimum Gasteiger partial charge on any atom is -0.478 e. The van der Waals surface area contributed by atoms with Gasteiger partial charge in [0.1, 0.15) is 11.1 Å². The van der Waals surface area contributed by atoms with E-state index in [2.05, 4.69) is 5.32 Å². The molecular formula is C14H18FNO4S. The normalized spacial score (nSPS) is 13.5. The number of hydrogen-bond acceptors (Lipinski definition) is 3. The first-order chi connectivity index (χ1) is 9.88. The number of rotatable bonds is 7. The number of carbonyl (C=O) groups excluding carboxylic acids is 1. The molecule has 0 fully saturated rings. The Balaban J connectivity index is 2.85. The van der Waals surface area contributed by atoms with Gasteiger partial charge < -0.3 is 10.4 Å². The second-order valence-corrected chi connectivity index (χ2v) is 6.30. The van der Waals surface area contributed by atoms with Crippen LogP contribution < -0.4 is 5.32 Å². The number of hydrogen-bond donors (Lipinski definition) is 2. The summed E-state index contributed by atoms with van der Waals surface area (Å²) in [6.45, 7) is 3.97. The number of benzene rings is 1. The Kier molecular flexibility index (Phi) is 6.48. The van der Waals surface area contributed by atoms with Gasteiger partial charge in [0, 0.05) is 11.4 Å². The van der Waals surface area contributed by atoms with Gasteiger partial charge >= 0.3 is 5.97 Å². The molecule has 1 rings (SSSR count). The third kappa shape index (κ3) is 4.63. The van der Waals surface area contributed by atoms with Crippen LogP contribution in [0.5, 0.6) is 0 Å². The van der Waals surface area contributed by atoms with Crippen LogP contribution in [0.15, 0.2) is 23.1 Å². The minimum absolute atomic E-state index is 0.118. The monoisotopic (exact) mass is 315 g/mol. The predicted molar refractivity (Wildman–Crippen MR) is 77.1 cm³/mol. The van der Waals surface area contributed by atoms with Gasteiger partial charge in [-0.3, -0.25) is 9.00 Å². The maximum Gasteiger partial charge on any atom is 0.338 e. The van der Waals surface area contributed by atoms with Crippen LogP contribution in [0.4, 0.5) is 4.39 Å². The lowest BCUT2D eigenvalue weighted by Gasteiger charge is -2.12. The topological polar surface area (TPSA) is 83.5 Å². The van der Waals surface area contributed by atoms with Crippen molar-refractivity contribution >= 4 is 22.7 Å². The zero-order valence-corrected chi connectivity index (χ0v) is 12.7. The second-order valence-electron chi connectivity index (χ2n) is 4.53. The van der Waals surface area contributed by atoms with Crippen LogP contribution in [0.1, 0.15) is 37.0 Å². The maximum absolute atomic E-state index is 13.3. The largest absolute Gasteiger partial charge is 0.478 e.